The lowest BCUT2D eigenvalue weighted by Gasteiger charge is -2.20. The molecule has 1 amide bonds. The van der Waals surface area contributed by atoms with Crippen LogP contribution in [0.2, 0.25) is 0 Å². The molecule has 0 N–H and O–H groups in total. The summed E-state index contributed by atoms with van der Waals surface area (Å²) in [5.74, 6) is -0.679. The van der Waals surface area contributed by atoms with Gasteiger partial charge in [-0.05, 0) is 23.8 Å². The molecule has 0 heterocycles. The van der Waals surface area contributed by atoms with E-state index < -0.39 is 5.38 Å². The van der Waals surface area contributed by atoms with E-state index in [1.54, 1.807) is 31.3 Å². The first kappa shape index (κ1) is 13.6. The van der Waals surface area contributed by atoms with E-state index in [1.807, 2.05) is 18.2 Å². The van der Waals surface area contributed by atoms with Crippen molar-refractivity contribution in [1.82, 2.24) is 0 Å². The normalized spacial score (nSPS) is 11.9. The Morgan fingerprint density at radius 1 is 1.16 bits per heavy atom. The maximum Gasteiger partial charge on any atom is 0.249 e. The monoisotopic (exact) mass is 277 g/mol. The van der Waals surface area contributed by atoms with Gasteiger partial charge in [-0.2, -0.15) is 0 Å². The molecule has 0 aliphatic carbocycles. The molecule has 0 saturated heterocycles. The van der Waals surface area contributed by atoms with Crippen molar-refractivity contribution < 1.29 is 9.18 Å². The molecule has 0 spiro atoms. The number of carbonyl (C=O) groups is 1. The van der Waals surface area contributed by atoms with Crippen molar-refractivity contribution in [2.24, 2.45) is 0 Å². The first-order valence-corrected chi connectivity index (χ1v) is 6.25. The topological polar surface area (TPSA) is 20.3 Å². The second-order valence-electron chi connectivity index (χ2n) is 4.15. The van der Waals surface area contributed by atoms with Crippen LogP contribution in [0.25, 0.3) is 0 Å². The molecule has 2 aromatic carbocycles. The van der Waals surface area contributed by atoms with Crippen LogP contribution < -0.4 is 4.90 Å². The Bertz CT molecular complexity index is 573. The highest BCUT2D eigenvalue weighted by molar-refractivity contribution is 6.32. The molecule has 19 heavy (non-hydrogen) atoms. The molecule has 2 aromatic rings. The largest absolute Gasteiger partial charge is 0.314 e. The fraction of sp³-hybridized carbons (Fsp3) is 0.133. The minimum absolute atomic E-state index is 0.293. The number of nitrogens with zero attached hydrogens (tertiary/aromatic N) is 1. The van der Waals surface area contributed by atoms with Gasteiger partial charge in [-0.15, -0.1) is 11.6 Å². The first-order valence-electron chi connectivity index (χ1n) is 5.82. The third kappa shape index (κ3) is 3.12. The second-order valence-corrected chi connectivity index (χ2v) is 4.59. The average molecular weight is 278 g/mol. The van der Waals surface area contributed by atoms with Crippen LogP contribution in [0.15, 0.2) is 54.6 Å². The molecule has 0 aromatic heterocycles. The van der Waals surface area contributed by atoms with Gasteiger partial charge in [-0.3, -0.25) is 4.79 Å². The Kier molecular flexibility index (Phi) is 4.17. The molecule has 0 aliphatic rings. The Morgan fingerprint density at radius 2 is 1.84 bits per heavy atom. The van der Waals surface area contributed by atoms with Crippen molar-refractivity contribution in [2.45, 2.75) is 5.38 Å². The Morgan fingerprint density at radius 3 is 2.47 bits per heavy atom. The smallest absolute Gasteiger partial charge is 0.249 e. The molecule has 0 bridgehead atoms. The van der Waals surface area contributed by atoms with Gasteiger partial charge in [0.1, 0.15) is 11.2 Å². The highest BCUT2D eigenvalue weighted by Crippen LogP contribution is 2.25. The van der Waals surface area contributed by atoms with Crippen LogP contribution in [-0.2, 0) is 4.79 Å². The summed E-state index contributed by atoms with van der Waals surface area (Å²) in [5, 5.41) is -0.783. The Labute approximate surface area is 116 Å². The van der Waals surface area contributed by atoms with Gasteiger partial charge in [-0.1, -0.05) is 36.4 Å². The minimum Gasteiger partial charge on any atom is -0.314 e. The summed E-state index contributed by atoms with van der Waals surface area (Å²) in [6, 6.07) is 14.9. The average Bonchev–Trinajstić information content (AvgIpc) is 2.46. The zero-order valence-electron chi connectivity index (χ0n) is 10.4. The third-order valence-electron chi connectivity index (χ3n) is 2.84. The van der Waals surface area contributed by atoms with Crippen molar-refractivity contribution in [3.05, 3.63) is 66.0 Å². The zero-order chi connectivity index (χ0) is 13.8. The van der Waals surface area contributed by atoms with E-state index in [0.717, 1.165) is 5.56 Å². The zero-order valence-corrected chi connectivity index (χ0v) is 11.1. The summed E-state index contributed by atoms with van der Waals surface area (Å²) < 4.78 is 13.1. The number of likely N-dealkylation sites (N-methyl/N-ethyl adjacent to an activating group) is 1. The molecule has 98 valence electrons. The summed E-state index contributed by atoms with van der Waals surface area (Å²) in [4.78, 5) is 13.6. The van der Waals surface area contributed by atoms with Crippen molar-refractivity contribution in [1.29, 1.82) is 0 Å². The standard InChI is InChI=1S/C15H13ClFNO/c1-18(13-9-5-8-12(17)10-13)15(19)14(16)11-6-3-2-4-7-11/h2-10,14H,1H3. The molecule has 1 unspecified atom stereocenters. The van der Waals surface area contributed by atoms with E-state index in [0.29, 0.717) is 5.69 Å². The summed E-state index contributed by atoms with van der Waals surface area (Å²) in [7, 11) is 1.58. The van der Waals surface area contributed by atoms with Gasteiger partial charge in [0.15, 0.2) is 0 Å². The third-order valence-corrected chi connectivity index (χ3v) is 3.27. The van der Waals surface area contributed by atoms with Crippen LogP contribution >= 0.6 is 11.6 Å². The quantitative estimate of drug-likeness (QED) is 0.782. The van der Waals surface area contributed by atoms with Crippen LogP contribution in [0.5, 0.6) is 0 Å². The van der Waals surface area contributed by atoms with Gasteiger partial charge in [0, 0.05) is 12.7 Å². The van der Waals surface area contributed by atoms with E-state index in [1.165, 1.54) is 17.0 Å². The lowest BCUT2D eigenvalue weighted by atomic mass is 10.1. The summed E-state index contributed by atoms with van der Waals surface area (Å²) >= 11 is 6.16. The van der Waals surface area contributed by atoms with Gasteiger partial charge >= 0.3 is 0 Å². The predicted octanol–water partition coefficient (Wildman–Crippen LogP) is 3.77. The van der Waals surface area contributed by atoms with Crippen molar-refractivity contribution >= 4 is 23.2 Å². The van der Waals surface area contributed by atoms with Crippen molar-refractivity contribution in [2.75, 3.05) is 11.9 Å². The maximum absolute atomic E-state index is 13.1. The van der Waals surface area contributed by atoms with Crippen LogP contribution in [0.1, 0.15) is 10.9 Å². The van der Waals surface area contributed by atoms with Crippen LogP contribution in [-0.4, -0.2) is 13.0 Å². The molecular formula is C15H13ClFNO. The maximum atomic E-state index is 13.1. The van der Waals surface area contributed by atoms with Crippen LogP contribution in [0, 0.1) is 5.82 Å². The van der Waals surface area contributed by atoms with Crippen LogP contribution in [0.3, 0.4) is 0 Å². The molecule has 0 fully saturated rings. The first-order chi connectivity index (χ1) is 9.09. The number of benzene rings is 2. The summed E-state index contributed by atoms with van der Waals surface area (Å²) in [6.07, 6.45) is 0. The lowest BCUT2D eigenvalue weighted by Crippen LogP contribution is -2.29. The molecule has 0 aliphatic heterocycles. The number of hydrogen-bond acceptors (Lipinski definition) is 1. The number of rotatable bonds is 3. The molecule has 4 heteroatoms. The van der Waals surface area contributed by atoms with Gasteiger partial charge in [-0.25, -0.2) is 4.39 Å². The molecule has 1 atom stereocenters. The van der Waals surface area contributed by atoms with Gasteiger partial charge in [0.05, 0.1) is 0 Å². The number of halogens is 2. The predicted molar refractivity (Wildman–Crippen MR) is 74.8 cm³/mol. The summed E-state index contributed by atoms with van der Waals surface area (Å²) in [6.45, 7) is 0. The SMILES string of the molecule is CN(C(=O)C(Cl)c1ccccc1)c1cccc(F)c1. The fourth-order valence-electron chi connectivity index (χ4n) is 1.75. The van der Waals surface area contributed by atoms with E-state index >= 15 is 0 Å². The molecule has 2 nitrogen and oxygen atoms in total. The number of hydrogen-bond donors (Lipinski definition) is 0. The van der Waals surface area contributed by atoms with E-state index in [4.69, 9.17) is 11.6 Å². The van der Waals surface area contributed by atoms with Crippen molar-refractivity contribution in [3.63, 3.8) is 0 Å². The summed E-state index contributed by atoms with van der Waals surface area (Å²) in [5.41, 5.74) is 1.20. The highest BCUT2D eigenvalue weighted by atomic mass is 35.5. The van der Waals surface area contributed by atoms with Gasteiger partial charge in [0.25, 0.3) is 0 Å². The number of carbonyl (C=O) groups excluding carboxylic acids is 1. The highest BCUT2D eigenvalue weighted by Gasteiger charge is 2.22. The Balaban J connectivity index is 2.20. The number of anilines is 1. The van der Waals surface area contributed by atoms with Gasteiger partial charge in [0.2, 0.25) is 5.91 Å². The van der Waals surface area contributed by atoms with Crippen molar-refractivity contribution in [3.8, 4) is 0 Å². The lowest BCUT2D eigenvalue weighted by molar-refractivity contribution is -0.118. The Hall–Kier alpha value is -1.87. The van der Waals surface area contributed by atoms with E-state index in [-0.39, 0.29) is 11.7 Å². The molecule has 0 saturated carbocycles. The molecule has 0 radical (unpaired) electrons. The second kappa shape index (κ2) is 5.85. The van der Waals surface area contributed by atoms with E-state index in [2.05, 4.69) is 0 Å². The number of amides is 1. The van der Waals surface area contributed by atoms with Gasteiger partial charge < -0.3 is 4.90 Å². The molecule has 2 rings (SSSR count). The minimum atomic E-state index is -0.783. The number of alkyl halides is 1. The fourth-order valence-corrected chi connectivity index (χ4v) is 2.04. The van der Waals surface area contributed by atoms with Crippen LogP contribution in [0.4, 0.5) is 10.1 Å². The molecular weight excluding hydrogens is 265 g/mol. The van der Waals surface area contributed by atoms with E-state index in [9.17, 15) is 9.18 Å².